The van der Waals surface area contributed by atoms with E-state index >= 15 is 0 Å². The van der Waals surface area contributed by atoms with Gasteiger partial charge in [0.2, 0.25) is 0 Å². The minimum Gasteiger partial charge on any atom is -0.370 e. The highest BCUT2D eigenvalue weighted by atomic mass is 35.5. The summed E-state index contributed by atoms with van der Waals surface area (Å²) in [5.74, 6) is -0.389. The van der Waals surface area contributed by atoms with E-state index < -0.39 is 10.0 Å². The molecule has 9 heteroatoms. The summed E-state index contributed by atoms with van der Waals surface area (Å²) in [6.45, 7) is 1.66. The van der Waals surface area contributed by atoms with Crippen molar-refractivity contribution in [3.63, 3.8) is 0 Å². The van der Waals surface area contributed by atoms with Gasteiger partial charge in [0.1, 0.15) is 0 Å². The van der Waals surface area contributed by atoms with Gasteiger partial charge in [-0.3, -0.25) is 9.52 Å². The maximum absolute atomic E-state index is 13.0. The topological polar surface area (TPSA) is 102 Å². The molecule has 0 aliphatic carbocycles. The Morgan fingerprint density at radius 3 is 2.27 bits per heavy atom. The summed E-state index contributed by atoms with van der Waals surface area (Å²) in [4.78, 5) is 15.0. The molecule has 0 unspecified atom stereocenters. The zero-order chi connectivity index (χ0) is 23.4. The lowest BCUT2D eigenvalue weighted by molar-refractivity contribution is 0.102. The van der Waals surface area contributed by atoms with Crippen molar-refractivity contribution in [2.45, 2.75) is 17.7 Å². The Labute approximate surface area is 197 Å². The molecule has 3 aromatic carbocycles. The highest BCUT2D eigenvalue weighted by molar-refractivity contribution is 7.92. The molecule has 168 valence electrons. The number of hydrogen-bond acceptors (Lipinski definition) is 5. The van der Waals surface area contributed by atoms with Crippen LogP contribution in [0.5, 0.6) is 0 Å². The minimum absolute atomic E-state index is 0.0236. The van der Waals surface area contributed by atoms with E-state index in [1.807, 2.05) is 6.07 Å². The third-order valence-corrected chi connectivity index (χ3v) is 6.98. The summed E-state index contributed by atoms with van der Waals surface area (Å²) in [6, 6.07) is 19.3. The van der Waals surface area contributed by atoms with E-state index in [4.69, 9.17) is 16.9 Å². The van der Waals surface area contributed by atoms with Gasteiger partial charge in [0.25, 0.3) is 15.9 Å². The van der Waals surface area contributed by atoms with Gasteiger partial charge >= 0.3 is 0 Å². The smallest absolute Gasteiger partial charge is 0.261 e. The number of nitriles is 1. The van der Waals surface area contributed by atoms with Gasteiger partial charge < -0.3 is 10.2 Å². The van der Waals surface area contributed by atoms with Crippen molar-refractivity contribution in [3.8, 4) is 6.07 Å². The minimum atomic E-state index is -3.90. The summed E-state index contributed by atoms with van der Waals surface area (Å²) in [5.41, 5.74) is 2.37. The molecule has 7 nitrogen and oxygen atoms in total. The zero-order valence-electron chi connectivity index (χ0n) is 17.6. The largest absolute Gasteiger partial charge is 0.370 e. The lowest BCUT2D eigenvalue weighted by Gasteiger charge is -2.22. The molecule has 33 heavy (non-hydrogen) atoms. The SMILES string of the molecule is N#Cc1ccc(C(=O)Nc2cc(S(=O)(=O)Nc3ccc(Cl)cc3)ccc2N2CCCC2)cc1. The third kappa shape index (κ3) is 5.28. The van der Waals surface area contributed by atoms with Crippen LogP contribution in [0.1, 0.15) is 28.8 Å². The summed E-state index contributed by atoms with van der Waals surface area (Å²) >= 11 is 5.88. The van der Waals surface area contributed by atoms with Crippen LogP contribution in [-0.2, 0) is 10.0 Å². The van der Waals surface area contributed by atoms with E-state index in [1.165, 1.54) is 12.1 Å². The molecule has 1 saturated heterocycles. The quantitative estimate of drug-likeness (QED) is 0.524. The summed E-state index contributed by atoms with van der Waals surface area (Å²) in [7, 11) is -3.90. The molecule has 4 rings (SSSR count). The second kappa shape index (κ2) is 9.53. The summed E-state index contributed by atoms with van der Waals surface area (Å²) in [6.07, 6.45) is 2.06. The van der Waals surface area contributed by atoms with E-state index in [0.29, 0.717) is 27.5 Å². The number of anilines is 3. The second-order valence-electron chi connectivity index (χ2n) is 7.63. The predicted octanol–water partition coefficient (Wildman–Crippen LogP) is 4.86. The Kier molecular flexibility index (Phi) is 6.54. The van der Waals surface area contributed by atoms with Crippen molar-refractivity contribution in [2.24, 2.45) is 0 Å². The average Bonchev–Trinajstić information content (AvgIpc) is 3.35. The van der Waals surface area contributed by atoms with E-state index in [0.717, 1.165) is 31.6 Å². The van der Waals surface area contributed by atoms with Crippen LogP contribution >= 0.6 is 11.6 Å². The number of hydrogen-bond donors (Lipinski definition) is 2. The molecule has 0 spiro atoms. The number of amides is 1. The normalized spacial score (nSPS) is 13.4. The zero-order valence-corrected chi connectivity index (χ0v) is 19.2. The van der Waals surface area contributed by atoms with Gasteiger partial charge in [-0.1, -0.05) is 11.6 Å². The highest BCUT2D eigenvalue weighted by Gasteiger charge is 2.22. The van der Waals surface area contributed by atoms with Gasteiger partial charge in [0, 0.05) is 29.4 Å². The van der Waals surface area contributed by atoms with Crippen LogP contribution < -0.4 is 14.9 Å². The number of sulfonamides is 1. The van der Waals surface area contributed by atoms with Crippen molar-refractivity contribution in [1.82, 2.24) is 0 Å². The van der Waals surface area contributed by atoms with Crippen LogP contribution in [0.3, 0.4) is 0 Å². The van der Waals surface area contributed by atoms with Crippen LogP contribution in [0.25, 0.3) is 0 Å². The molecule has 0 aromatic heterocycles. The number of rotatable bonds is 6. The van der Waals surface area contributed by atoms with Crippen LogP contribution in [0.4, 0.5) is 17.1 Å². The molecule has 0 saturated carbocycles. The number of carbonyl (C=O) groups is 1. The predicted molar refractivity (Wildman–Crippen MR) is 129 cm³/mol. The lowest BCUT2D eigenvalue weighted by atomic mass is 10.1. The third-order valence-electron chi connectivity index (χ3n) is 5.35. The molecular formula is C24H21ClN4O3S. The number of benzene rings is 3. The van der Waals surface area contributed by atoms with E-state index in [9.17, 15) is 13.2 Å². The molecule has 1 amide bonds. The van der Waals surface area contributed by atoms with Gasteiger partial charge in [0.05, 0.1) is 27.9 Å². The fourth-order valence-corrected chi connectivity index (χ4v) is 4.85. The average molecular weight is 481 g/mol. The number of halogens is 1. The maximum atomic E-state index is 13.0. The monoisotopic (exact) mass is 480 g/mol. The molecule has 3 aromatic rings. The molecule has 0 atom stereocenters. The first kappa shape index (κ1) is 22.6. The molecular weight excluding hydrogens is 460 g/mol. The maximum Gasteiger partial charge on any atom is 0.261 e. The standard InChI is InChI=1S/C24H21ClN4O3S/c25-19-7-9-20(10-8-19)28-33(31,32)21-11-12-23(29-13-1-2-14-29)22(15-21)27-24(30)18-5-3-17(16-26)4-6-18/h3-12,15,28H,1-2,13-14H2,(H,27,30). The summed E-state index contributed by atoms with van der Waals surface area (Å²) < 4.78 is 28.5. The number of nitrogens with one attached hydrogen (secondary N) is 2. The van der Waals surface area contributed by atoms with Gasteiger partial charge in [-0.15, -0.1) is 0 Å². The van der Waals surface area contributed by atoms with Crippen molar-refractivity contribution < 1.29 is 13.2 Å². The number of carbonyl (C=O) groups excluding carboxylic acids is 1. The van der Waals surface area contributed by atoms with Crippen LogP contribution in [0, 0.1) is 11.3 Å². The summed E-state index contributed by atoms with van der Waals surface area (Å²) in [5, 5.41) is 12.3. The fraction of sp³-hybridized carbons (Fsp3) is 0.167. The Hall–Kier alpha value is -3.54. The van der Waals surface area contributed by atoms with Crippen molar-refractivity contribution in [3.05, 3.63) is 82.9 Å². The van der Waals surface area contributed by atoms with Crippen molar-refractivity contribution in [1.29, 1.82) is 5.26 Å². The first-order valence-corrected chi connectivity index (χ1v) is 12.2. The van der Waals surface area contributed by atoms with Crippen LogP contribution in [-0.4, -0.2) is 27.4 Å². The lowest BCUT2D eigenvalue weighted by Crippen LogP contribution is -2.22. The van der Waals surface area contributed by atoms with E-state index in [1.54, 1.807) is 54.6 Å². The number of nitrogens with zero attached hydrogens (tertiary/aromatic N) is 2. The fourth-order valence-electron chi connectivity index (χ4n) is 3.64. The van der Waals surface area contributed by atoms with Crippen LogP contribution in [0.15, 0.2) is 71.6 Å². The first-order valence-electron chi connectivity index (χ1n) is 10.3. The molecule has 0 radical (unpaired) electrons. The second-order valence-corrected chi connectivity index (χ2v) is 9.75. The molecule has 1 aliphatic heterocycles. The van der Waals surface area contributed by atoms with Gasteiger partial charge in [-0.05, 0) is 79.6 Å². The first-order chi connectivity index (χ1) is 15.9. The molecule has 1 fully saturated rings. The highest BCUT2D eigenvalue weighted by Crippen LogP contribution is 2.32. The Morgan fingerprint density at radius 1 is 0.970 bits per heavy atom. The van der Waals surface area contributed by atoms with Gasteiger partial charge in [-0.25, -0.2) is 8.42 Å². The Morgan fingerprint density at radius 2 is 1.64 bits per heavy atom. The van der Waals surface area contributed by atoms with Crippen molar-refractivity contribution >= 4 is 44.6 Å². The molecule has 2 N–H and O–H groups in total. The molecule has 0 bridgehead atoms. The van der Waals surface area contributed by atoms with Gasteiger partial charge in [0.15, 0.2) is 0 Å². The van der Waals surface area contributed by atoms with Crippen molar-refractivity contribution in [2.75, 3.05) is 28.0 Å². The Balaban J connectivity index is 1.65. The van der Waals surface area contributed by atoms with E-state index in [-0.39, 0.29) is 10.8 Å². The Bertz CT molecular complexity index is 1310. The molecule has 1 aliphatic rings. The van der Waals surface area contributed by atoms with Crippen LogP contribution in [0.2, 0.25) is 5.02 Å². The molecule has 1 heterocycles. The van der Waals surface area contributed by atoms with E-state index in [2.05, 4.69) is 14.9 Å². The van der Waals surface area contributed by atoms with Gasteiger partial charge in [-0.2, -0.15) is 5.26 Å².